The summed E-state index contributed by atoms with van der Waals surface area (Å²) in [7, 11) is 0. The van der Waals surface area contributed by atoms with Gasteiger partial charge in [-0.15, -0.1) is 0 Å². The lowest BCUT2D eigenvalue weighted by atomic mass is 9.79. The van der Waals surface area contributed by atoms with Gasteiger partial charge in [0.2, 0.25) is 0 Å². The van der Waals surface area contributed by atoms with E-state index in [1.165, 1.54) is 82.7 Å². The standard InChI is InChI=1S/C42H32/c1-27-18-20-28(21-19-27)31-22-23-33-35(24-31)41(30-14-8-5-9-15-30)37-26-39-34(32-16-10-11-17-38(32)42(39,2)3)25-36(37)40(33)29-12-6-4-7-13-29/h4-26H,1-3H3. The molecule has 200 valence electrons. The number of fused-ring (bicyclic) bond motifs is 5. The highest BCUT2D eigenvalue weighted by molar-refractivity contribution is 6.23. The van der Waals surface area contributed by atoms with E-state index >= 15 is 0 Å². The maximum absolute atomic E-state index is 2.51. The van der Waals surface area contributed by atoms with Crippen LogP contribution in [-0.2, 0) is 5.41 Å². The molecule has 0 nitrogen and oxygen atoms in total. The van der Waals surface area contributed by atoms with Crippen molar-refractivity contribution in [2.45, 2.75) is 26.2 Å². The Balaban J connectivity index is 1.57. The van der Waals surface area contributed by atoms with Gasteiger partial charge >= 0.3 is 0 Å². The van der Waals surface area contributed by atoms with Gasteiger partial charge in [0.15, 0.2) is 0 Å². The lowest BCUT2D eigenvalue weighted by molar-refractivity contribution is 0.661. The second-order valence-corrected chi connectivity index (χ2v) is 12.2. The predicted octanol–water partition coefficient (Wildman–Crippen LogP) is 11.6. The molecule has 42 heavy (non-hydrogen) atoms. The highest BCUT2D eigenvalue weighted by atomic mass is 14.4. The van der Waals surface area contributed by atoms with E-state index in [2.05, 4.69) is 160 Å². The molecule has 8 rings (SSSR count). The summed E-state index contributed by atoms with van der Waals surface area (Å²) in [4.78, 5) is 0. The van der Waals surface area contributed by atoms with Gasteiger partial charge in [-0.3, -0.25) is 0 Å². The van der Waals surface area contributed by atoms with Gasteiger partial charge in [-0.25, -0.2) is 0 Å². The first kappa shape index (κ1) is 24.8. The van der Waals surface area contributed by atoms with Crippen LogP contribution in [0.1, 0.15) is 30.5 Å². The molecule has 0 atom stereocenters. The molecule has 0 aromatic heterocycles. The fraction of sp³-hybridized carbons (Fsp3) is 0.0952. The Kier molecular flexibility index (Phi) is 5.49. The molecule has 0 fully saturated rings. The largest absolute Gasteiger partial charge is 0.0622 e. The van der Waals surface area contributed by atoms with Crippen molar-refractivity contribution in [1.29, 1.82) is 0 Å². The van der Waals surface area contributed by atoms with Crippen LogP contribution in [0.3, 0.4) is 0 Å². The molecule has 0 aliphatic heterocycles. The number of rotatable bonds is 3. The van der Waals surface area contributed by atoms with Crippen LogP contribution in [-0.4, -0.2) is 0 Å². The van der Waals surface area contributed by atoms with E-state index in [4.69, 9.17) is 0 Å². The van der Waals surface area contributed by atoms with Gasteiger partial charge < -0.3 is 0 Å². The quantitative estimate of drug-likeness (QED) is 0.197. The lowest BCUT2D eigenvalue weighted by Gasteiger charge is -2.24. The summed E-state index contributed by atoms with van der Waals surface area (Å²) < 4.78 is 0. The van der Waals surface area contributed by atoms with E-state index in [1.807, 2.05) is 0 Å². The van der Waals surface area contributed by atoms with E-state index in [1.54, 1.807) is 0 Å². The van der Waals surface area contributed by atoms with Crippen molar-refractivity contribution < 1.29 is 0 Å². The summed E-state index contributed by atoms with van der Waals surface area (Å²) in [6.07, 6.45) is 0. The summed E-state index contributed by atoms with van der Waals surface area (Å²) in [5.41, 5.74) is 14.3. The average Bonchev–Trinajstić information content (AvgIpc) is 3.25. The highest BCUT2D eigenvalue weighted by Gasteiger charge is 2.36. The third kappa shape index (κ3) is 3.68. The Morgan fingerprint density at radius 3 is 1.62 bits per heavy atom. The number of hydrogen-bond acceptors (Lipinski definition) is 0. The number of benzene rings is 7. The smallest absolute Gasteiger partial charge is 0.0159 e. The van der Waals surface area contributed by atoms with Crippen molar-refractivity contribution >= 4 is 21.5 Å². The lowest BCUT2D eigenvalue weighted by Crippen LogP contribution is -2.14. The van der Waals surface area contributed by atoms with Crippen LogP contribution in [0.25, 0.3) is 66.1 Å². The summed E-state index contributed by atoms with van der Waals surface area (Å²) >= 11 is 0. The molecule has 0 unspecified atom stereocenters. The fourth-order valence-electron chi connectivity index (χ4n) is 7.18. The second-order valence-electron chi connectivity index (χ2n) is 12.2. The molecule has 0 amide bonds. The Bertz CT molecular complexity index is 2130. The molecule has 0 N–H and O–H groups in total. The minimum absolute atomic E-state index is 0.0698. The van der Waals surface area contributed by atoms with Gasteiger partial charge in [0.25, 0.3) is 0 Å². The molecule has 0 bridgehead atoms. The van der Waals surface area contributed by atoms with Crippen LogP contribution in [0.2, 0.25) is 0 Å². The molecule has 7 aromatic rings. The zero-order valence-electron chi connectivity index (χ0n) is 24.3. The van der Waals surface area contributed by atoms with Crippen LogP contribution in [0.15, 0.2) is 140 Å². The van der Waals surface area contributed by atoms with Gasteiger partial charge in [-0.05, 0) is 102 Å². The first-order valence-electron chi connectivity index (χ1n) is 14.9. The first-order valence-corrected chi connectivity index (χ1v) is 14.9. The maximum Gasteiger partial charge on any atom is 0.0159 e. The number of hydrogen-bond donors (Lipinski definition) is 0. The second kappa shape index (κ2) is 9.29. The summed E-state index contributed by atoms with van der Waals surface area (Å²) in [5.74, 6) is 0. The van der Waals surface area contributed by atoms with Crippen molar-refractivity contribution in [3.63, 3.8) is 0 Å². The van der Waals surface area contributed by atoms with Crippen molar-refractivity contribution in [3.05, 3.63) is 156 Å². The molecular formula is C42H32. The maximum atomic E-state index is 2.51. The van der Waals surface area contributed by atoms with E-state index in [-0.39, 0.29) is 5.41 Å². The molecular weight excluding hydrogens is 504 g/mol. The minimum atomic E-state index is -0.0698. The minimum Gasteiger partial charge on any atom is -0.0622 e. The van der Waals surface area contributed by atoms with Gasteiger partial charge in [0.1, 0.15) is 0 Å². The molecule has 1 aliphatic carbocycles. The zero-order valence-corrected chi connectivity index (χ0v) is 24.3. The highest BCUT2D eigenvalue weighted by Crippen LogP contribution is 2.53. The molecule has 0 saturated carbocycles. The molecule has 0 heteroatoms. The zero-order chi connectivity index (χ0) is 28.4. The van der Waals surface area contributed by atoms with Gasteiger partial charge in [0.05, 0.1) is 0 Å². The van der Waals surface area contributed by atoms with Crippen molar-refractivity contribution in [3.8, 4) is 44.5 Å². The van der Waals surface area contributed by atoms with Gasteiger partial charge in [-0.2, -0.15) is 0 Å². The molecule has 0 heterocycles. The van der Waals surface area contributed by atoms with E-state index in [9.17, 15) is 0 Å². The van der Waals surface area contributed by atoms with Crippen LogP contribution >= 0.6 is 0 Å². The van der Waals surface area contributed by atoms with Crippen LogP contribution < -0.4 is 0 Å². The molecule has 7 aromatic carbocycles. The van der Waals surface area contributed by atoms with Crippen LogP contribution in [0.5, 0.6) is 0 Å². The predicted molar refractivity (Wildman–Crippen MR) is 180 cm³/mol. The fourth-order valence-corrected chi connectivity index (χ4v) is 7.18. The van der Waals surface area contributed by atoms with Crippen LogP contribution in [0, 0.1) is 6.92 Å². The van der Waals surface area contributed by atoms with Gasteiger partial charge in [-0.1, -0.05) is 141 Å². The summed E-state index contributed by atoms with van der Waals surface area (Å²) in [6, 6.07) is 51.8. The van der Waals surface area contributed by atoms with E-state index in [0.29, 0.717) is 0 Å². The third-order valence-electron chi connectivity index (χ3n) is 9.33. The molecule has 0 radical (unpaired) electrons. The summed E-state index contributed by atoms with van der Waals surface area (Å²) in [5, 5.41) is 5.20. The van der Waals surface area contributed by atoms with Crippen LogP contribution in [0.4, 0.5) is 0 Å². The van der Waals surface area contributed by atoms with E-state index < -0.39 is 0 Å². The topological polar surface area (TPSA) is 0 Å². The van der Waals surface area contributed by atoms with Gasteiger partial charge in [0, 0.05) is 5.41 Å². The average molecular weight is 537 g/mol. The molecule has 0 saturated heterocycles. The van der Waals surface area contributed by atoms with Crippen molar-refractivity contribution in [2.24, 2.45) is 0 Å². The first-order chi connectivity index (χ1) is 20.5. The Morgan fingerprint density at radius 2 is 0.929 bits per heavy atom. The normalized spacial score (nSPS) is 13.3. The number of aryl methyl sites for hydroxylation is 1. The third-order valence-corrected chi connectivity index (χ3v) is 9.33. The molecule has 0 spiro atoms. The summed E-state index contributed by atoms with van der Waals surface area (Å²) in [6.45, 7) is 6.90. The van der Waals surface area contributed by atoms with Crippen molar-refractivity contribution in [1.82, 2.24) is 0 Å². The monoisotopic (exact) mass is 536 g/mol. The Morgan fingerprint density at radius 1 is 0.381 bits per heavy atom. The SMILES string of the molecule is Cc1ccc(-c2ccc3c(-c4ccccc4)c4cc5c(cc4c(-c4ccccc4)c3c2)C(C)(C)c2ccccc2-5)cc1. The molecule has 1 aliphatic rings. The van der Waals surface area contributed by atoms with Crippen molar-refractivity contribution in [2.75, 3.05) is 0 Å². The van der Waals surface area contributed by atoms with E-state index in [0.717, 1.165) is 0 Å². The Labute approximate surface area is 247 Å². The Hall–Kier alpha value is -4.94.